The molecule has 3 nitrogen and oxygen atoms in total. The zero-order chi connectivity index (χ0) is 12.4. The molecule has 5 heteroatoms. The summed E-state index contributed by atoms with van der Waals surface area (Å²) in [6.07, 6.45) is 1.75. The van der Waals surface area contributed by atoms with Gasteiger partial charge in [0.1, 0.15) is 0 Å². The quantitative estimate of drug-likeness (QED) is 0.894. The second-order valence-corrected chi connectivity index (χ2v) is 5.47. The molecule has 1 atom stereocenters. The van der Waals surface area contributed by atoms with Crippen LogP contribution < -0.4 is 5.32 Å². The van der Waals surface area contributed by atoms with Gasteiger partial charge in [0.15, 0.2) is 5.76 Å². The number of benzene rings is 1. The van der Waals surface area contributed by atoms with Crippen molar-refractivity contribution < 1.29 is 4.42 Å². The van der Waals surface area contributed by atoms with Crippen LogP contribution in [0.1, 0.15) is 18.9 Å². The molecule has 0 aliphatic carbocycles. The maximum atomic E-state index is 5.73. The maximum absolute atomic E-state index is 5.73. The van der Waals surface area contributed by atoms with Crippen molar-refractivity contribution >= 4 is 31.9 Å². The third-order valence-electron chi connectivity index (χ3n) is 2.52. The van der Waals surface area contributed by atoms with Crippen LogP contribution in [-0.2, 0) is 0 Å². The number of halogens is 2. The van der Waals surface area contributed by atoms with E-state index in [2.05, 4.69) is 42.2 Å². The molecular formula is C12H12Br2N2O. The summed E-state index contributed by atoms with van der Waals surface area (Å²) >= 11 is 6.95. The van der Waals surface area contributed by atoms with Gasteiger partial charge in [-0.2, -0.15) is 0 Å². The normalized spacial score (nSPS) is 12.7. The summed E-state index contributed by atoms with van der Waals surface area (Å²) in [5, 5.41) is 3.09. The number of nitrogens with zero attached hydrogens (tertiary/aromatic N) is 1. The van der Waals surface area contributed by atoms with Gasteiger partial charge in [-0.05, 0) is 32.2 Å². The van der Waals surface area contributed by atoms with Crippen LogP contribution in [0.3, 0.4) is 0 Å². The van der Waals surface area contributed by atoms with Gasteiger partial charge in [-0.3, -0.25) is 0 Å². The van der Waals surface area contributed by atoms with Crippen LogP contribution in [0.25, 0.3) is 11.3 Å². The predicted octanol–water partition coefficient (Wildman–Crippen LogP) is 4.15. The highest BCUT2D eigenvalue weighted by molar-refractivity contribution is 9.11. The van der Waals surface area contributed by atoms with Gasteiger partial charge >= 0.3 is 0 Å². The second-order valence-electron chi connectivity index (χ2n) is 3.70. The van der Waals surface area contributed by atoms with Crippen molar-refractivity contribution in [1.29, 1.82) is 0 Å². The lowest BCUT2D eigenvalue weighted by molar-refractivity contribution is 0.441. The molecule has 0 aliphatic heterocycles. The smallest absolute Gasteiger partial charge is 0.211 e. The molecule has 0 saturated heterocycles. The fraction of sp³-hybridized carbons (Fsp3) is 0.250. The average molecular weight is 360 g/mol. The molecule has 0 radical (unpaired) electrons. The fourth-order valence-electron chi connectivity index (χ4n) is 1.42. The van der Waals surface area contributed by atoms with E-state index in [1.165, 1.54) is 0 Å². The van der Waals surface area contributed by atoms with Crippen molar-refractivity contribution in [3.05, 3.63) is 39.2 Å². The van der Waals surface area contributed by atoms with Gasteiger partial charge in [0.2, 0.25) is 5.89 Å². The van der Waals surface area contributed by atoms with E-state index in [0.717, 1.165) is 20.3 Å². The topological polar surface area (TPSA) is 38.1 Å². The monoisotopic (exact) mass is 358 g/mol. The van der Waals surface area contributed by atoms with Crippen molar-refractivity contribution in [2.24, 2.45) is 0 Å². The largest absolute Gasteiger partial charge is 0.439 e. The number of nitrogens with one attached hydrogen (secondary N) is 1. The van der Waals surface area contributed by atoms with Gasteiger partial charge in [-0.25, -0.2) is 4.98 Å². The van der Waals surface area contributed by atoms with Crippen LogP contribution in [0, 0.1) is 0 Å². The molecule has 1 N–H and O–H groups in total. The first-order valence-electron chi connectivity index (χ1n) is 5.20. The minimum atomic E-state index is 0.106. The molecule has 90 valence electrons. The van der Waals surface area contributed by atoms with Gasteiger partial charge < -0.3 is 9.73 Å². The highest BCUT2D eigenvalue weighted by atomic mass is 79.9. The van der Waals surface area contributed by atoms with Crippen molar-refractivity contribution in [3.63, 3.8) is 0 Å². The summed E-state index contributed by atoms with van der Waals surface area (Å²) < 4.78 is 7.73. The molecule has 0 spiro atoms. The van der Waals surface area contributed by atoms with Gasteiger partial charge in [0, 0.05) is 14.5 Å². The molecule has 2 aromatic rings. The SMILES string of the molecule is CNC(C)c1ncc(-c2cc(Br)ccc2Br)o1. The summed E-state index contributed by atoms with van der Waals surface area (Å²) in [7, 11) is 1.88. The van der Waals surface area contributed by atoms with Crippen LogP contribution in [0.5, 0.6) is 0 Å². The molecule has 1 aromatic carbocycles. The Morgan fingerprint density at radius 2 is 2.12 bits per heavy atom. The van der Waals surface area contributed by atoms with Gasteiger partial charge in [0.05, 0.1) is 12.2 Å². The van der Waals surface area contributed by atoms with Gasteiger partial charge in [0.25, 0.3) is 0 Å². The van der Waals surface area contributed by atoms with Crippen LogP contribution in [-0.4, -0.2) is 12.0 Å². The van der Waals surface area contributed by atoms with Crippen molar-refractivity contribution in [2.45, 2.75) is 13.0 Å². The third-order valence-corrected chi connectivity index (χ3v) is 3.71. The molecule has 0 saturated carbocycles. The molecule has 1 heterocycles. The Bertz CT molecular complexity index is 525. The second kappa shape index (κ2) is 5.33. The first-order valence-corrected chi connectivity index (χ1v) is 6.79. The molecule has 0 aliphatic rings. The predicted molar refractivity (Wildman–Crippen MR) is 74.8 cm³/mol. The lowest BCUT2D eigenvalue weighted by Crippen LogP contribution is -2.12. The van der Waals surface area contributed by atoms with E-state index in [1.54, 1.807) is 6.20 Å². The van der Waals surface area contributed by atoms with E-state index >= 15 is 0 Å². The zero-order valence-corrected chi connectivity index (χ0v) is 12.7. The Hall–Kier alpha value is -0.650. The lowest BCUT2D eigenvalue weighted by Gasteiger charge is -2.04. The Morgan fingerprint density at radius 1 is 1.35 bits per heavy atom. The molecule has 1 unspecified atom stereocenters. The number of rotatable bonds is 3. The third kappa shape index (κ3) is 2.78. The summed E-state index contributed by atoms with van der Waals surface area (Å²) in [5.41, 5.74) is 0.987. The standard InChI is InChI=1S/C12H12Br2N2O/c1-7(15-2)12-16-6-11(17-12)9-5-8(13)3-4-10(9)14/h3-7,15H,1-2H3. The Labute approximate surface area is 117 Å². The van der Waals surface area contributed by atoms with E-state index in [4.69, 9.17) is 4.42 Å². The molecule has 0 fully saturated rings. The van der Waals surface area contributed by atoms with Crippen LogP contribution in [0.15, 0.2) is 37.8 Å². The van der Waals surface area contributed by atoms with E-state index < -0.39 is 0 Å². The first-order chi connectivity index (χ1) is 8.11. The molecular weight excluding hydrogens is 348 g/mol. The Balaban J connectivity index is 2.40. The number of oxazole rings is 1. The molecule has 0 bridgehead atoms. The van der Waals surface area contributed by atoms with Gasteiger partial charge in [-0.15, -0.1) is 0 Å². The average Bonchev–Trinajstić information content (AvgIpc) is 2.80. The van der Waals surface area contributed by atoms with Crippen molar-refractivity contribution in [1.82, 2.24) is 10.3 Å². The van der Waals surface area contributed by atoms with Gasteiger partial charge in [-0.1, -0.05) is 31.9 Å². The van der Waals surface area contributed by atoms with Crippen molar-refractivity contribution in [3.8, 4) is 11.3 Å². The first kappa shape index (κ1) is 12.8. The number of hydrogen-bond donors (Lipinski definition) is 1. The van der Waals surface area contributed by atoms with E-state index in [-0.39, 0.29) is 6.04 Å². The molecule has 17 heavy (non-hydrogen) atoms. The lowest BCUT2D eigenvalue weighted by atomic mass is 10.2. The number of aromatic nitrogens is 1. The minimum absolute atomic E-state index is 0.106. The summed E-state index contributed by atoms with van der Waals surface area (Å²) in [5.74, 6) is 1.45. The van der Waals surface area contributed by atoms with E-state index in [9.17, 15) is 0 Å². The number of hydrogen-bond acceptors (Lipinski definition) is 3. The van der Waals surface area contributed by atoms with E-state index in [1.807, 2.05) is 32.2 Å². The maximum Gasteiger partial charge on any atom is 0.211 e. The van der Waals surface area contributed by atoms with E-state index in [0.29, 0.717) is 5.89 Å². The summed E-state index contributed by atoms with van der Waals surface area (Å²) in [6.45, 7) is 2.01. The summed E-state index contributed by atoms with van der Waals surface area (Å²) in [4.78, 5) is 4.27. The minimum Gasteiger partial charge on any atom is -0.439 e. The van der Waals surface area contributed by atoms with Crippen molar-refractivity contribution in [2.75, 3.05) is 7.05 Å². The summed E-state index contributed by atoms with van der Waals surface area (Å²) in [6, 6.07) is 6.05. The Kier molecular flexibility index (Phi) is 4.01. The van der Waals surface area contributed by atoms with Crippen LogP contribution in [0.4, 0.5) is 0 Å². The molecule has 0 amide bonds. The fourth-order valence-corrected chi connectivity index (χ4v) is 2.23. The van der Waals surface area contributed by atoms with Crippen LogP contribution in [0.2, 0.25) is 0 Å². The Morgan fingerprint density at radius 3 is 2.82 bits per heavy atom. The molecule has 2 rings (SSSR count). The zero-order valence-electron chi connectivity index (χ0n) is 9.50. The van der Waals surface area contributed by atoms with Crippen LogP contribution >= 0.6 is 31.9 Å². The molecule has 1 aromatic heterocycles. The highest BCUT2D eigenvalue weighted by Gasteiger charge is 2.13. The highest BCUT2D eigenvalue weighted by Crippen LogP contribution is 2.32.